The summed E-state index contributed by atoms with van der Waals surface area (Å²) >= 11 is 0. The number of hydrogen-bond acceptors (Lipinski definition) is 4. The molecule has 0 unspecified atom stereocenters. The van der Waals surface area contributed by atoms with E-state index >= 15 is 0 Å². The molecule has 2 aromatic rings. The topological polar surface area (TPSA) is 59.4 Å². The molecule has 4 aliphatic carbocycles. The third-order valence-electron chi connectivity index (χ3n) is 6.98. The smallest absolute Gasteiger partial charge is 0.255 e. The fourth-order valence-electron chi connectivity index (χ4n) is 6.08. The van der Waals surface area contributed by atoms with Crippen LogP contribution in [0.3, 0.4) is 0 Å². The van der Waals surface area contributed by atoms with Gasteiger partial charge in [-0.25, -0.2) is 9.37 Å². The zero-order chi connectivity index (χ0) is 19.3. The molecule has 4 bridgehead atoms. The largest absolute Gasteiger partial charge is 0.436 e. The van der Waals surface area contributed by atoms with Gasteiger partial charge in [-0.2, -0.15) is 0 Å². The fraction of sp³-hybridized carbons (Fsp3) is 0.478. The normalized spacial score (nSPS) is 30.4. The van der Waals surface area contributed by atoms with Crippen LogP contribution in [0.15, 0.2) is 36.5 Å². The average molecular weight is 381 g/mol. The minimum absolute atomic E-state index is 0.0320. The number of aliphatic hydroxyl groups is 1. The van der Waals surface area contributed by atoms with Crippen molar-refractivity contribution in [2.24, 2.45) is 23.7 Å². The van der Waals surface area contributed by atoms with Gasteiger partial charge in [-0.15, -0.1) is 0 Å². The zero-order valence-corrected chi connectivity index (χ0v) is 15.7. The Balaban J connectivity index is 1.31. The highest BCUT2D eigenvalue weighted by molar-refractivity contribution is 5.96. The molecule has 1 N–H and O–H groups in total. The second kappa shape index (κ2) is 6.96. The molecule has 146 valence electrons. The molecule has 0 atom stereocenters. The van der Waals surface area contributed by atoms with E-state index in [0.717, 1.165) is 29.7 Å². The van der Waals surface area contributed by atoms with Gasteiger partial charge in [0.2, 0.25) is 0 Å². The van der Waals surface area contributed by atoms with Gasteiger partial charge in [-0.05, 0) is 85.5 Å². The zero-order valence-electron chi connectivity index (χ0n) is 15.7. The number of aliphatic hydroxyl groups excluding tert-OH is 1. The molecule has 4 aliphatic rings. The third-order valence-corrected chi connectivity index (χ3v) is 6.98. The Bertz CT molecular complexity index is 867. The van der Waals surface area contributed by atoms with Crippen LogP contribution in [0.1, 0.15) is 53.9 Å². The van der Waals surface area contributed by atoms with Gasteiger partial charge in [0.1, 0.15) is 12.4 Å². The molecular formula is C23H24FNO3. The average Bonchev–Trinajstić information content (AvgIpc) is 2.69. The monoisotopic (exact) mass is 381 g/mol. The van der Waals surface area contributed by atoms with Crippen molar-refractivity contribution in [2.75, 3.05) is 6.61 Å². The van der Waals surface area contributed by atoms with Crippen LogP contribution < -0.4 is 4.74 Å². The van der Waals surface area contributed by atoms with Crippen LogP contribution in [-0.4, -0.2) is 22.5 Å². The Morgan fingerprint density at radius 3 is 2.29 bits per heavy atom. The number of Topliss-reactive ketones (excluding diaryl/α,β-unsaturated/α-hetero) is 1. The molecule has 0 aliphatic heterocycles. The van der Waals surface area contributed by atoms with Crippen LogP contribution in [0.25, 0.3) is 0 Å². The minimum atomic E-state index is -0.718. The molecule has 4 fully saturated rings. The Morgan fingerprint density at radius 2 is 1.71 bits per heavy atom. The maximum atomic E-state index is 14.2. The summed E-state index contributed by atoms with van der Waals surface area (Å²) in [6.45, 7) is -0.673. The van der Waals surface area contributed by atoms with Gasteiger partial charge in [-0.1, -0.05) is 12.1 Å². The number of pyridine rings is 1. The van der Waals surface area contributed by atoms with E-state index in [1.807, 2.05) is 12.1 Å². The van der Waals surface area contributed by atoms with E-state index in [9.17, 15) is 9.18 Å². The SMILES string of the molecule is O=C(CO)c1cnc(Oc2ccc(C3C4CC5CC(C4)CC3C5)cc2)c(F)c1. The standard InChI is InChI=1S/C23H24FNO3/c24-20-10-18(21(27)12-26)11-25-23(20)28-19-3-1-15(2-4-19)22-16-6-13-5-14(8-16)9-17(22)7-13/h1-4,10-11,13-14,16-17,22,26H,5-9,12H2. The van der Waals surface area contributed by atoms with Crippen molar-refractivity contribution in [3.05, 3.63) is 53.5 Å². The number of halogens is 1. The molecule has 0 radical (unpaired) electrons. The Kier molecular flexibility index (Phi) is 4.43. The molecule has 1 aromatic carbocycles. The molecule has 0 saturated heterocycles. The highest BCUT2D eigenvalue weighted by atomic mass is 19.1. The van der Waals surface area contributed by atoms with Crippen molar-refractivity contribution in [1.29, 1.82) is 0 Å². The maximum Gasteiger partial charge on any atom is 0.255 e. The third kappa shape index (κ3) is 3.12. The molecule has 0 amide bonds. The van der Waals surface area contributed by atoms with E-state index in [1.54, 1.807) is 0 Å². The van der Waals surface area contributed by atoms with Crippen LogP contribution in [0, 0.1) is 29.5 Å². The fourth-order valence-corrected chi connectivity index (χ4v) is 6.08. The lowest BCUT2D eigenvalue weighted by Crippen LogP contribution is -2.43. The van der Waals surface area contributed by atoms with Gasteiger partial charge in [0.25, 0.3) is 5.88 Å². The van der Waals surface area contributed by atoms with Crippen molar-refractivity contribution < 1.29 is 19.0 Å². The van der Waals surface area contributed by atoms with Crippen LogP contribution in [-0.2, 0) is 0 Å². The van der Waals surface area contributed by atoms with Crippen LogP contribution in [0.5, 0.6) is 11.6 Å². The van der Waals surface area contributed by atoms with E-state index in [0.29, 0.717) is 11.7 Å². The number of ether oxygens (including phenoxy) is 1. The van der Waals surface area contributed by atoms with Crippen LogP contribution in [0.2, 0.25) is 0 Å². The first-order valence-corrected chi connectivity index (χ1v) is 10.2. The summed E-state index contributed by atoms with van der Waals surface area (Å²) in [4.78, 5) is 15.3. The number of aromatic nitrogens is 1. The number of ketones is 1. The molecule has 5 heteroatoms. The summed E-state index contributed by atoms with van der Waals surface area (Å²) in [7, 11) is 0. The number of benzene rings is 1. The summed E-state index contributed by atoms with van der Waals surface area (Å²) in [5.74, 6) is 3.27. The van der Waals surface area contributed by atoms with Gasteiger partial charge >= 0.3 is 0 Å². The highest BCUT2D eigenvalue weighted by Crippen LogP contribution is 2.59. The van der Waals surface area contributed by atoms with Gasteiger partial charge in [-0.3, -0.25) is 4.79 Å². The van der Waals surface area contributed by atoms with Crippen molar-refractivity contribution in [3.63, 3.8) is 0 Å². The quantitative estimate of drug-likeness (QED) is 0.761. The summed E-state index contributed by atoms with van der Waals surface area (Å²) in [6, 6.07) is 9.04. The lowest BCUT2D eigenvalue weighted by Gasteiger charge is -2.54. The van der Waals surface area contributed by atoms with Crippen LogP contribution in [0.4, 0.5) is 4.39 Å². The number of carbonyl (C=O) groups excluding carboxylic acids is 1. The number of nitrogens with zero attached hydrogens (tertiary/aromatic N) is 1. The Morgan fingerprint density at radius 1 is 1.07 bits per heavy atom. The molecule has 4 nitrogen and oxygen atoms in total. The first-order chi connectivity index (χ1) is 13.6. The molecule has 4 saturated carbocycles. The number of rotatable bonds is 5. The van der Waals surface area contributed by atoms with Crippen molar-refractivity contribution in [2.45, 2.75) is 38.0 Å². The van der Waals surface area contributed by atoms with Gasteiger partial charge in [0.05, 0.1) is 0 Å². The predicted molar refractivity (Wildman–Crippen MR) is 102 cm³/mol. The summed E-state index contributed by atoms with van der Waals surface area (Å²) < 4.78 is 19.8. The van der Waals surface area contributed by atoms with Crippen molar-refractivity contribution in [1.82, 2.24) is 4.98 Å². The Labute approximate surface area is 163 Å². The predicted octanol–water partition coefficient (Wildman–Crippen LogP) is 4.73. The van der Waals surface area contributed by atoms with Gasteiger partial charge < -0.3 is 9.84 Å². The van der Waals surface area contributed by atoms with Crippen LogP contribution >= 0.6 is 0 Å². The Hall–Kier alpha value is -2.27. The number of hydrogen-bond donors (Lipinski definition) is 1. The van der Waals surface area contributed by atoms with E-state index in [1.165, 1.54) is 43.9 Å². The van der Waals surface area contributed by atoms with E-state index in [4.69, 9.17) is 9.84 Å². The molecule has 1 heterocycles. The van der Waals surface area contributed by atoms with E-state index < -0.39 is 18.2 Å². The number of carbonyl (C=O) groups is 1. The molecule has 6 rings (SSSR count). The molecule has 28 heavy (non-hydrogen) atoms. The first-order valence-electron chi connectivity index (χ1n) is 10.2. The second-order valence-electron chi connectivity index (χ2n) is 8.72. The molecular weight excluding hydrogens is 357 g/mol. The van der Waals surface area contributed by atoms with E-state index in [2.05, 4.69) is 17.1 Å². The van der Waals surface area contributed by atoms with Gasteiger partial charge in [0.15, 0.2) is 11.6 Å². The lowest BCUT2D eigenvalue weighted by atomic mass is 9.51. The summed E-state index contributed by atoms with van der Waals surface area (Å²) in [5, 5.41) is 8.86. The summed E-state index contributed by atoms with van der Waals surface area (Å²) in [6.07, 6.45) is 8.19. The first kappa shape index (κ1) is 17.8. The minimum Gasteiger partial charge on any atom is -0.436 e. The second-order valence-corrected chi connectivity index (χ2v) is 8.72. The molecule has 1 aromatic heterocycles. The van der Waals surface area contributed by atoms with E-state index in [-0.39, 0.29) is 11.4 Å². The van der Waals surface area contributed by atoms with Gasteiger partial charge in [0, 0.05) is 11.8 Å². The molecule has 0 spiro atoms. The highest BCUT2D eigenvalue weighted by Gasteiger charge is 2.48. The van der Waals surface area contributed by atoms with Crippen molar-refractivity contribution >= 4 is 5.78 Å². The summed E-state index contributed by atoms with van der Waals surface area (Å²) in [5.41, 5.74) is 1.41. The van der Waals surface area contributed by atoms with Crippen molar-refractivity contribution in [3.8, 4) is 11.6 Å². The lowest BCUT2D eigenvalue weighted by molar-refractivity contribution is -0.00279. The maximum absolute atomic E-state index is 14.2.